The van der Waals surface area contributed by atoms with Gasteiger partial charge in [0.2, 0.25) is 11.7 Å². The van der Waals surface area contributed by atoms with Gasteiger partial charge in [-0.1, -0.05) is 18.9 Å². The van der Waals surface area contributed by atoms with Crippen LogP contribution in [0, 0.1) is 5.92 Å². The van der Waals surface area contributed by atoms with Crippen molar-refractivity contribution in [1.82, 2.24) is 15.1 Å². The summed E-state index contributed by atoms with van der Waals surface area (Å²) in [6.45, 7) is 3.71. The number of guanidine groups is 1. The Morgan fingerprint density at radius 2 is 2.06 bits per heavy atom. The molecule has 5 N–H and O–H groups in total. The number of hydrogen-bond acceptors (Lipinski definition) is 14. The number of fused-ring (bicyclic) bond motifs is 3. The van der Waals surface area contributed by atoms with Crippen molar-refractivity contribution in [1.29, 1.82) is 0 Å². The number of aliphatic hydroxyl groups is 2. The summed E-state index contributed by atoms with van der Waals surface area (Å²) in [4.78, 5) is 41.4. The van der Waals surface area contributed by atoms with Crippen molar-refractivity contribution >= 4 is 35.0 Å². The summed E-state index contributed by atoms with van der Waals surface area (Å²) in [6, 6.07) is 0. The van der Waals surface area contributed by atoms with Crippen molar-refractivity contribution in [3.63, 3.8) is 0 Å². The molecule has 6 aliphatic rings. The minimum Gasteiger partial charge on any atom is -0.496 e. The van der Waals surface area contributed by atoms with E-state index in [1.54, 1.807) is 31.2 Å². The van der Waals surface area contributed by atoms with Crippen molar-refractivity contribution in [2.24, 2.45) is 26.6 Å². The number of aliphatic imine (C=N–C) groups is 3. The maximum Gasteiger partial charge on any atom is 0.374 e. The van der Waals surface area contributed by atoms with Crippen molar-refractivity contribution in [2.45, 2.75) is 70.6 Å². The van der Waals surface area contributed by atoms with Crippen LogP contribution in [0.5, 0.6) is 17.2 Å². The Morgan fingerprint density at radius 3 is 2.79 bits per heavy atom. The number of carbonyl (C=O) groups excluding carboxylic acids is 2. The molecule has 1 aromatic carbocycles. The molecule has 1 fully saturated rings. The minimum absolute atomic E-state index is 0.0612. The number of allylic oxidation sites excluding steroid dienone is 2. The number of nitrogens with zero attached hydrogens (tertiary/aromatic N) is 5. The standard InChI is InChI=1S/C33H39N7O8/c1-4-46-30(43)21-13-17(9-11-39-12-10-35-32(39)40-16-36-24-28(40)37-31(34)38-29(24)42)23-26(45-3)19-14-22(33(2,44)18-7-5-6-8-18)48-25(19)20(15-41)27(23)47-21/h9-10,12-13,18,22,32,35,41,44H,4-8,11,14-16H2,1-3H3,(H2,34,38,42)/b17-9+/t22-,32?,33-/m0/s1. The highest BCUT2D eigenvalue weighted by molar-refractivity contribution is 6.69. The second-order valence-corrected chi connectivity index (χ2v) is 12.6. The molecule has 0 radical (unpaired) electrons. The van der Waals surface area contributed by atoms with Gasteiger partial charge in [0.1, 0.15) is 35.6 Å². The third kappa shape index (κ3) is 5.17. The van der Waals surface area contributed by atoms with Gasteiger partial charge >= 0.3 is 11.9 Å². The summed E-state index contributed by atoms with van der Waals surface area (Å²) in [7, 11) is 1.55. The number of amidine groups is 1. The Kier molecular flexibility index (Phi) is 8.11. The molecule has 7 rings (SSSR count). The topological polar surface area (TPSA) is 193 Å². The number of nitrogens with two attached hydrogens (primary N) is 1. The second kappa shape index (κ2) is 12.3. The number of methoxy groups -OCH3 is 1. The summed E-state index contributed by atoms with van der Waals surface area (Å²) in [6.07, 6.45) is 10.4. The SMILES string of the molecule is CCOC(=O)C1=C/C(=C\CN2C=CNC2N2CN=C3C(=O)N=C(N)N=C32)c2c(OC)c3c(c(CO)c2O1)O[C@H]([C@@](C)(O)C1CCCC1)C3. The first-order valence-electron chi connectivity index (χ1n) is 16.2. The van der Waals surface area contributed by atoms with Gasteiger partial charge in [0.25, 0.3) is 0 Å². The number of rotatable bonds is 9. The van der Waals surface area contributed by atoms with Gasteiger partial charge in [-0.25, -0.2) is 4.79 Å². The fraction of sp³-hybridized carbons (Fsp3) is 0.485. The zero-order valence-electron chi connectivity index (χ0n) is 27.1. The van der Waals surface area contributed by atoms with Crippen LogP contribution in [0.25, 0.3) is 5.57 Å². The summed E-state index contributed by atoms with van der Waals surface area (Å²) < 4.78 is 23.9. The Morgan fingerprint density at radius 1 is 1.27 bits per heavy atom. The molecule has 254 valence electrons. The largest absolute Gasteiger partial charge is 0.496 e. The molecule has 1 aliphatic carbocycles. The van der Waals surface area contributed by atoms with Gasteiger partial charge in [0, 0.05) is 30.9 Å². The quantitative estimate of drug-likeness (QED) is 0.278. The lowest BCUT2D eigenvalue weighted by atomic mass is 9.81. The number of esters is 1. The Bertz CT molecular complexity index is 1740. The first-order valence-corrected chi connectivity index (χ1v) is 16.2. The first kappa shape index (κ1) is 31.7. The number of aliphatic hydroxyl groups excluding tert-OH is 1. The zero-order valence-corrected chi connectivity index (χ0v) is 27.1. The van der Waals surface area contributed by atoms with E-state index in [0.29, 0.717) is 52.6 Å². The number of carbonyl (C=O) groups is 2. The van der Waals surface area contributed by atoms with Gasteiger partial charge in [-0.2, -0.15) is 9.98 Å². The molecule has 1 saturated carbocycles. The molecule has 5 aliphatic heterocycles. The number of benzene rings is 1. The Balaban J connectivity index is 1.26. The highest BCUT2D eigenvalue weighted by atomic mass is 16.6. The lowest BCUT2D eigenvalue weighted by Gasteiger charge is -2.35. The van der Waals surface area contributed by atoms with E-state index >= 15 is 0 Å². The Labute approximate surface area is 277 Å². The van der Waals surface area contributed by atoms with Crippen molar-refractivity contribution in [2.75, 3.05) is 26.9 Å². The number of nitrogens with one attached hydrogen (secondary N) is 1. The van der Waals surface area contributed by atoms with Crippen LogP contribution in [0.3, 0.4) is 0 Å². The maximum atomic E-state index is 13.0. The molecule has 15 nitrogen and oxygen atoms in total. The normalized spacial score (nSPS) is 24.9. The van der Waals surface area contributed by atoms with Crippen molar-refractivity contribution in [3.05, 3.63) is 47.0 Å². The van der Waals surface area contributed by atoms with Crippen LogP contribution < -0.4 is 25.3 Å². The second-order valence-electron chi connectivity index (χ2n) is 12.6. The lowest BCUT2D eigenvalue weighted by molar-refractivity contribution is -0.141. The molecular formula is C33H39N7O8. The van der Waals surface area contributed by atoms with E-state index in [2.05, 4.69) is 20.3 Å². The van der Waals surface area contributed by atoms with E-state index in [-0.39, 0.29) is 42.4 Å². The van der Waals surface area contributed by atoms with E-state index in [0.717, 1.165) is 25.7 Å². The molecular weight excluding hydrogens is 622 g/mol. The minimum atomic E-state index is -1.10. The molecule has 1 amide bonds. The maximum absolute atomic E-state index is 13.0. The summed E-state index contributed by atoms with van der Waals surface area (Å²) in [5.41, 5.74) is 7.04. The van der Waals surface area contributed by atoms with Crippen LogP contribution in [0.1, 0.15) is 56.2 Å². The van der Waals surface area contributed by atoms with Crippen molar-refractivity contribution < 1.29 is 38.7 Å². The highest BCUT2D eigenvalue weighted by Crippen LogP contribution is 2.54. The van der Waals surface area contributed by atoms with Crippen LogP contribution in [-0.4, -0.2) is 94.3 Å². The van der Waals surface area contributed by atoms with Gasteiger partial charge in [0.05, 0.1) is 31.5 Å². The van der Waals surface area contributed by atoms with E-state index in [4.69, 9.17) is 24.7 Å². The molecule has 1 aromatic rings. The van der Waals surface area contributed by atoms with Crippen LogP contribution >= 0.6 is 0 Å². The van der Waals surface area contributed by atoms with Crippen LogP contribution in [-0.2, 0) is 27.4 Å². The molecule has 0 saturated heterocycles. The van der Waals surface area contributed by atoms with E-state index in [9.17, 15) is 19.8 Å². The van der Waals surface area contributed by atoms with Crippen LogP contribution in [0.15, 0.2) is 45.3 Å². The zero-order chi connectivity index (χ0) is 33.7. The lowest BCUT2D eigenvalue weighted by Crippen LogP contribution is -2.53. The summed E-state index contributed by atoms with van der Waals surface area (Å²) in [5, 5.41) is 25.7. The predicted octanol–water partition coefficient (Wildman–Crippen LogP) is 1.28. The molecule has 0 bridgehead atoms. The highest BCUT2D eigenvalue weighted by Gasteiger charge is 2.48. The predicted molar refractivity (Wildman–Crippen MR) is 174 cm³/mol. The third-order valence-corrected chi connectivity index (χ3v) is 9.81. The summed E-state index contributed by atoms with van der Waals surface area (Å²) >= 11 is 0. The molecule has 1 unspecified atom stereocenters. The van der Waals surface area contributed by atoms with Crippen molar-refractivity contribution in [3.8, 4) is 17.2 Å². The van der Waals surface area contributed by atoms with Gasteiger partial charge < -0.3 is 45.1 Å². The molecule has 15 heteroatoms. The summed E-state index contributed by atoms with van der Waals surface area (Å²) in [5.74, 6) is 0.115. The fourth-order valence-corrected chi connectivity index (χ4v) is 7.37. The van der Waals surface area contributed by atoms with Crippen LogP contribution in [0.2, 0.25) is 0 Å². The average Bonchev–Trinajstić information content (AvgIpc) is 3.89. The molecule has 0 aromatic heterocycles. The fourth-order valence-electron chi connectivity index (χ4n) is 7.37. The Hall–Kier alpha value is -4.89. The number of hydrogen-bond donors (Lipinski definition) is 4. The van der Waals surface area contributed by atoms with Gasteiger partial charge in [-0.15, -0.1) is 0 Å². The van der Waals surface area contributed by atoms with Gasteiger partial charge in [0.15, 0.2) is 17.8 Å². The van der Waals surface area contributed by atoms with Crippen LogP contribution in [0.4, 0.5) is 0 Å². The smallest absolute Gasteiger partial charge is 0.374 e. The monoisotopic (exact) mass is 661 g/mol. The number of amides is 1. The molecule has 5 heterocycles. The van der Waals surface area contributed by atoms with E-state index < -0.39 is 36.5 Å². The van der Waals surface area contributed by atoms with E-state index in [1.807, 2.05) is 24.1 Å². The molecule has 3 atom stereocenters. The average molecular weight is 662 g/mol. The van der Waals surface area contributed by atoms with E-state index in [1.165, 1.54) is 0 Å². The first-order chi connectivity index (χ1) is 23.2. The third-order valence-electron chi connectivity index (χ3n) is 9.81. The molecule has 48 heavy (non-hydrogen) atoms. The molecule has 0 spiro atoms. The van der Waals surface area contributed by atoms with Gasteiger partial charge in [-0.3, -0.25) is 14.7 Å². The number of ether oxygens (including phenoxy) is 4. The van der Waals surface area contributed by atoms with Gasteiger partial charge in [-0.05, 0) is 44.3 Å².